The van der Waals surface area contributed by atoms with Crippen molar-refractivity contribution < 1.29 is 37.3 Å². The molecule has 5 atom stereocenters. The quantitative estimate of drug-likeness (QED) is 0.347. The van der Waals surface area contributed by atoms with Crippen molar-refractivity contribution in [1.82, 2.24) is 20.0 Å². The van der Waals surface area contributed by atoms with Crippen LogP contribution in [0.2, 0.25) is 5.02 Å². The molecule has 0 radical (unpaired) electrons. The Morgan fingerprint density at radius 2 is 1.60 bits per heavy atom. The molecule has 7 rings (SSSR count). The van der Waals surface area contributed by atoms with Gasteiger partial charge in [-0.15, -0.1) is 5.06 Å². The number of aliphatic imine (C=N–C) groups is 1. The number of hydroxylamine groups is 2. The second kappa shape index (κ2) is 10.2. The molecule has 42 heavy (non-hydrogen) atoms. The molecule has 0 aliphatic carbocycles. The van der Waals surface area contributed by atoms with Crippen LogP contribution >= 0.6 is 11.6 Å². The number of fused-ring (bicyclic) bond motifs is 2. The van der Waals surface area contributed by atoms with E-state index in [1.807, 2.05) is 24.3 Å². The Balaban J connectivity index is 1.07. The van der Waals surface area contributed by atoms with Crippen molar-refractivity contribution >= 4 is 28.7 Å². The first kappa shape index (κ1) is 27.1. The minimum absolute atomic E-state index is 0.0869. The molecule has 0 bridgehead atoms. The lowest BCUT2D eigenvalue weighted by atomic mass is 10.0. The molecule has 2 saturated heterocycles. The predicted molar refractivity (Wildman–Crippen MR) is 145 cm³/mol. The number of halogens is 4. The van der Waals surface area contributed by atoms with E-state index in [1.165, 1.54) is 7.05 Å². The summed E-state index contributed by atoms with van der Waals surface area (Å²) in [6.45, 7) is 0.477. The monoisotopic (exact) mass is 601 g/mol. The third-order valence-corrected chi connectivity index (χ3v) is 7.67. The van der Waals surface area contributed by atoms with Gasteiger partial charge in [-0.05, 0) is 29.3 Å². The molecule has 0 saturated carbocycles. The lowest BCUT2D eigenvalue weighted by Gasteiger charge is -2.17. The van der Waals surface area contributed by atoms with Crippen molar-refractivity contribution in [3.8, 4) is 28.4 Å². The molecule has 0 spiro atoms. The van der Waals surface area contributed by atoms with Crippen molar-refractivity contribution in [3.63, 3.8) is 0 Å². The van der Waals surface area contributed by atoms with E-state index in [4.69, 9.17) is 30.6 Å². The van der Waals surface area contributed by atoms with Crippen LogP contribution in [-0.4, -0.2) is 88.0 Å². The van der Waals surface area contributed by atoms with Crippen LogP contribution in [0.1, 0.15) is 5.56 Å². The third kappa shape index (κ3) is 4.86. The summed E-state index contributed by atoms with van der Waals surface area (Å²) >= 11 is 6.58. The van der Waals surface area contributed by atoms with Crippen molar-refractivity contribution in [1.29, 1.82) is 0 Å². The van der Waals surface area contributed by atoms with Gasteiger partial charge in [-0.1, -0.05) is 48.0 Å². The maximum absolute atomic E-state index is 13.1. The van der Waals surface area contributed by atoms with Crippen LogP contribution in [0.25, 0.3) is 33.5 Å². The molecule has 1 unspecified atom stereocenters. The van der Waals surface area contributed by atoms with E-state index in [1.54, 1.807) is 30.3 Å². The van der Waals surface area contributed by atoms with Crippen LogP contribution in [0.4, 0.5) is 13.2 Å². The summed E-state index contributed by atoms with van der Waals surface area (Å²) in [5.41, 5.74) is 4.50. The summed E-state index contributed by atoms with van der Waals surface area (Å²) in [6.07, 6.45) is -8.44. The Bertz CT molecular complexity index is 1660. The summed E-state index contributed by atoms with van der Waals surface area (Å²) in [5, 5.41) is 11.0. The Kier molecular flexibility index (Phi) is 6.59. The van der Waals surface area contributed by atoms with Gasteiger partial charge in [0.1, 0.15) is 18.3 Å². The third-order valence-electron chi connectivity index (χ3n) is 7.38. The van der Waals surface area contributed by atoms with Gasteiger partial charge in [0.2, 0.25) is 12.1 Å². The van der Waals surface area contributed by atoms with E-state index in [0.717, 1.165) is 16.7 Å². The average molecular weight is 602 g/mol. The van der Waals surface area contributed by atoms with Crippen LogP contribution in [0.3, 0.4) is 0 Å². The molecular weight excluding hydrogens is 579 g/mol. The number of aromatic amines is 1. The van der Waals surface area contributed by atoms with Crippen LogP contribution in [0.5, 0.6) is 6.01 Å². The average Bonchev–Trinajstić information content (AvgIpc) is 3.74. The number of aromatic nitrogens is 3. The standard InChI is InChI=1S/C28H23ClF3N5O5/c1-37-26(28(30,31)32)36-25(42-37)16-8-4-14(5-9-16)13-2-6-15(7-3-13)21-17(29)10-18-24(34-21)35-27(33-18)41-20-12-40-22-19(38)11-39-23(20)22/h2-10,19-20,22-23,26,38H,11-12H2,1H3,(H,33,34,35)/t19-,20-,22-,23-,26?/m1/s1. The van der Waals surface area contributed by atoms with E-state index in [9.17, 15) is 18.3 Å². The molecule has 3 aliphatic heterocycles. The van der Waals surface area contributed by atoms with Crippen LogP contribution < -0.4 is 4.74 Å². The van der Waals surface area contributed by atoms with Crippen molar-refractivity contribution in [2.75, 3.05) is 20.3 Å². The fourth-order valence-corrected chi connectivity index (χ4v) is 5.54. The summed E-state index contributed by atoms with van der Waals surface area (Å²) in [7, 11) is 1.19. The van der Waals surface area contributed by atoms with Gasteiger partial charge >= 0.3 is 6.18 Å². The maximum atomic E-state index is 13.1. The number of nitrogens with zero attached hydrogens (tertiary/aromatic N) is 4. The van der Waals surface area contributed by atoms with E-state index in [0.29, 0.717) is 32.5 Å². The topological polar surface area (TPSA) is 114 Å². The number of aliphatic hydroxyl groups excluding tert-OH is 1. The number of imidazole rings is 1. The van der Waals surface area contributed by atoms with Gasteiger partial charge in [0.25, 0.3) is 6.01 Å². The van der Waals surface area contributed by atoms with Gasteiger partial charge in [0.05, 0.1) is 29.4 Å². The van der Waals surface area contributed by atoms with Crippen LogP contribution in [-0.2, 0) is 14.3 Å². The van der Waals surface area contributed by atoms with E-state index >= 15 is 0 Å². The summed E-state index contributed by atoms with van der Waals surface area (Å²) in [4.78, 5) is 21.0. The molecule has 3 aliphatic rings. The zero-order chi connectivity index (χ0) is 29.2. The molecule has 2 N–H and O–H groups in total. The highest BCUT2D eigenvalue weighted by atomic mass is 35.5. The first-order valence-electron chi connectivity index (χ1n) is 13.0. The molecule has 5 heterocycles. The van der Waals surface area contributed by atoms with Gasteiger partial charge in [-0.2, -0.15) is 18.2 Å². The molecule has 218 valence electrons. The Hall–Kier alpha value is -3.75. The largest absolute Gasteiger partial charge is 0.456 e. The second-order valence-corrected chi connectivity index (χ2v) is 10.6. The molecule has 2 aromatic heterocycles. The molecule has 0 amide bonds. The smallest absolute Gasteiger partial charge is 0.427 e. The fourth-order valence-electron chi connectivity index (χ4n) is 5.28. The normalized spacial score (nSPS) is 26.0. The van der Waals surface area contributed by atoms with Crippen molar-refractivity contribution in [3.05, 3.63) is 65.2 Å². The highest BCUT2D eigenvalue weighted by Gasteiger charge is 2.49. The SMILES string of the molecule is CN1OC(c2ccc(-c3ccc(-c4nc5nc(O[C@@H]6CO[C@H]7[C@@H]6OC[C@H]7O)[nH]c5cc4Cl)cc3)cc2)=NC1C(F)(F)F. The fraction of sp³-hybridized carbons (Fsp3) is 0.321. The van der Waals surface area contributed by atoms with E-state index < -0.39 is 30.7 Å². The predicted octanol–water partition coefficient (Wildman–Crippen LogP) is 4.36. The zero-order valence-corrected chi connectivity index (χ0v) is 22.6. The van der Waals surface area contributed by atoms with E-state index in [2.05, 4.69) is 19.9 Å². The Labute approximate surface area is 241 Å². The van der Waals surface area contributed by atoms with Gasteiger partial charge < -0.3 is 29.1 Å². The van der Waals surface area contributed by atoms with Gasteiger partial charge in [0, 0.05) is 18.2 Å². The van der Waals surface area contributed by atoms with Crippen molar-refractivity contribution in [2.24, 2.45) is 4.99 Å². The second-order valence-electron chi connectivity index (χ2n) is 10.2. The molecule has 14 heteroatoms. The number of ether oxygens (including phenoxy) is 3. The molecule has 4 aromatic rings. The first-order chi connectivity index (χ1) is 20.1. The minimum Gasteiger partial charge on any atom is -0.456 e. The van der Waals surface area contributed by atoms with E-state index in [-0.39, 0.29) is 31.2 Å². The molecular formula is C28H23ClF3N5O5. The number of hydrogen-bond donors (Lipinski definition) is 2. The Morgan fingerprint density at radius 1 is 0.952 bits per heavy atom. The highest BCUT2D eigenvalue weighted by molar-refractivity contribution is 6.33. The van der Waals surface area contributed by atoms with Gasteiger partial charge in [0.15, 0.2) is 11.8 Å². The van der Waals surface area contributed by atoms with Crippen LogP contribution in [0.15, 0.2) is 59.6 Å². The Morgan fingerprint density at radius 3 is 2.26 bits per heavy atom. The molecule has 10 nitrogen and oxygen atoms in total. The number of benzene rings is 2. The molecule has 2 fully saturated rings. The summed E-state index contributed by atoms with van der Waals surface area (Å²) < 4.78 is 56.5. The number of rotatable bonds is 5. The minimum atomic E-state index is -4.53. The first-order valence-corrected chi connectivity index (χ1v) is 13.4. The number of H-pyrrole nitrogens is 1. The lowest BCUT2D eigenvalue weighted by Crippen LogP contribution is -2.38. The zero-order valence-electron chi connectivity index (χ0n) is 21.9. The maximum Gasteiger partial charge on any atom is 0.427 e. The number of nitrogens with one attached hydrogen (secondary N) is 1. The summed E-state index contributed by atoms with van der Waals surface area (Å²) in [6, 6.07) is 16.4. The highest BCUT2D eigenvalue weighted by Crippen LogP contribution is 2.34. The number of hydrogen-bond acceptors (Lipinski definition) is 9. The van der Waals surface area contributed by atoms with Crippen LogP contribution in [0, 0.1) is 0 Å². The van der Waals surface area contributed by atoms with Crippen molar-refractivity contribution in [2.45, 2.75) is 36.8 Å². The molecule has 2 aromatic carbocycles. The number of alkyl halides is 3. The van der Waals surface area contributed by atoms with Gasteiger partial charge in [-0.3, -0.25) is 0 Å². The van der Waals surface area contributed by atoms with Gasteiger partial charge in [-0.25, -0.2) is 9.98 Å². The summed E-state index contributed by atoms with van der Waals surface area (Å²) in [5.74, 6) is -0.0869. The number of pyridine rings is 1. The number of aliphatic hydroxyl groups is 1. The lowest BCUT2D eigenvalue weighted by molar-refractivity contribution is -0.219.